The molecule has 41 heavy (non-hydrogen) atoms. The first-order chi connectivity index (χ1) is 19.5. The third-order valence-electron chi connectivity index (χ3n) is 5.96. The Morgan fingerprint density at radius 3 is 2.61 bits per heavy atom. The number of anilines is 2. The van der Waals surface area contributed by atoms with Crippen molar-refractivity contribution in [2.45, 2.75) is 19.0 Å². The van der Waals surface area contributed by atoms with Gasteiger partial charge in [-0.05, 0) is 49.4 Å². The zero-order chi connectivity index (χ0) is 29.7. The fraction of sp³-hybridized carbons (Fsp3) is 0.179. The number of nitriles is 1. The Hall–Kier alpha value is -4.34. The molecule has 0 spiro atoms. The van der Waals surface area contributed by atoms with Crippen molar-refractivity contribution < 1.29 is 31.9 Å². The van der Waals surface area contributed by atoms with E-state index in [4.69, 9.17) is 20.8 Å². The number of thioether (sulfide) groups is 1. The second-order valence-electron chi connectivity index (χ2n) is 8.68. The lowest BCUT2D eigenvalue weighted by Gasteiger charge is -2.28. The minimum absolute atomic E-state index is 0.0372. The number of hydrogen-bond donors (Lipinski definition) is 3. The molecular weight excluding hydrogens is 581 g/mol. The molecule has 2 amide bonds. The largest absolute Gasteiger partial charge is 0.497 e. The summed E-state index contributed by atoms with van der Waals surface area (Å²) >= 11 is 7.13. The Labute approximate surface area is 242 Å². The highest BCUT2D eigenvalue weighted by Crippen LogP contribution is 2.42. The molecule has 0 saturated carbocycles. The molecule has 4 rings (SSSR count). The van der Waals surface area contributed by atoms with Crippen LogP contribution in [0.3, 0.4) is 0 Å². The van der Waals surface area contributed by atoms with Crippen LogP contribution in [-0.4, -0.2) is 24.7 Å². The summed E-state index contributed by atoms with van der Waals surface area (Å²) in [6.07, 6.45) is -3.28. The van der Waals surface area contributed by atoms with Gasteiger partial charge in [0, 0.05) is 17.5 Å². The number of furan rings is 1. The maximum atomic E-state index is 13.5. The van der Waals surface area contributed by atoms with Crippen molar-refractivity contribution in [3.05, 3.63) is 99.1 Å². The Kier molecular flexibility index (Phi) is 9.00. The van der Waals surface area contributed by atoms with Gasteiger partial charge < -0.3 is 25.1 Å². The Morgan fingerprint density at radius 2 is 1.95 bits per heavy atom. The topological polar surface area (TPSA) is 116 Å². The molecular formula is C28H22ClF3N4O4S. The van der Waals surface area contributed by atoms with Gasteiger partial charge in [-0.1, -0.05) is 29.4 Å². The summed E-state index contributed by atoms with van der Waals surface area (Å²) in [5.41, 5.74) is -0.280. The summed E-state index contributed by atoms with van der Waals surface area (Å²) in [7, 11) is 1.51. The van der Waals surface area contributed by atoms with Gasteiger partial charge in [0.25, 0.3) is 5.91 Å². The highest BCUT2D eigenvalue weighted by atomic mass is 35.5. The summed E-state index contributed by atoms with van der Waals surface area (Å²) in [6, 6.07) is 14.6. The van der Waals surface area contributed by atoms with Gasteiger partial charge in [0.15, 0.2) is 0 Å². The minimum atomic E-state index is -4.65. The molecule has 1 aliphatic heterocycles. The summed E-state index contributed by atoms with van der Waals surface area (Å²) in [5.74, 6) is -1.41. The number of alkyl halides is 3. The van der Waals surface area contributed by atoms with E-state index >= 15 is 0 Å². The quantitative estimate of drug-likeness (QED) is 0.264. The van der Waals surface area contributed by atoms with Crippen LogP contribution in [0.2, 0.25) is 5.02 Å². The normalized spacial score (nSPS) is 15.2. The van der Waals surface area contributed by atoms with E-state index < -0.39 is 23.6 Å². The highest BCUT2D eigenvalue weighted by Gasteiger charge is 2.37. The zero-order valence-electron chi connectivity index (χ0n) is 21.6. The Bertz CT molecular complexity index is 1580. The number of benzene rings is 2. The molecule has 0 bridgehead atoms. The molecule has 2 aromatic carbocycles. The summed E-state index contributed by atoms with van der Waals surface area (Å²) in [5, 5.41) is 18.5. The molecule has 8 nitrogen and oxygen atoms in total. The smallest absolute Gasteiger partial charge is 0.416 e. The van der Waals surface area contributed by atoms with Crippen LogP contribution in [-0.2, 0) is 15.8 Å². The van der Waals surface area contributed by atoms with Gasteiger partial charge in [0.05, 0.1) is 63.6 Å². The third kappa shape index (κ3) is 6.87. The van der Waals surface area contributed by atoms with E-state index in [1.54, 1.807) is 43.3 Å². The van der Waals surface area contributed by atoms with Crippen molar-refractivity contribution in [3.63, 3.8) is 0 Å². The Morgan fingerprint density at radius 1 is 1.17 bits per heavy atom. The molecule has 2 heterocycles. The van der Waals surface area contributed by atoms with Crippen molar-refractivity contribution in [2.24, 2.45) is 0 Å². The maximum Gasteiger partial charge on any atom is 0.416 e. The lowest BCUT2D eigenvalue weighted by molar-refractivity contribution is -0.137. The molecule has 0 radical (unpaired) electrons. The number of dihydropyridines is 1. The van der Waals surface area contributed by atoms with Crippen LogP contribution in [0.15, 0.2) is 87.1 Å². The van der Waals surface area contributed by atoms with Crippen LogP contribution >= 0.6 is 23.4 Å². The molecule has 0 unspecified atom stereocenters. The summed E-state index contributed by atoms with van der Waals surface area (Å²) in [4.78, 5) is 26.1. The summed E-state index contributed by atoms with van der Waals surface area (Å²) < 4.78 is 50.5. The van der Waals surface area contributed by atoms with Crippen molar-refractivity contribution in [1.29, 1.82) is 5.26 Å². The molecule has 1 aliphatic rings. The van der Waals surface area contributed by atoms with Crippen molar-refractivity contribution >= 4 is 46.6 Å². The number of amides is 2. The summed E-state index contributed by atoms with van der Waals surface area (Å²) in [6.45, 7) is 1.57. The number of ether oxygens (including phenoxy) is 1. The van der Waals surface area contributed by atoms with Crippen molar-refractivity contribution in [3.8, 4) is 11.8 Å². The zero-order valence-corrected chi connectivity index (χ0v) is 23.1. The van der Waals surface area contributed by atoms with Gasteiger partial charge in [-0.15, -0.1) is 0 Å². The van der Waals surface area contributed by atoms with Gasteiger partial charge in [-0.25, -0.2) is 0 Å². The van der Waals surface area contributed by atoms with E-state index in [1.165, 1.54) is 13.4 Å². The van der Waals surface area contributed by atoms with Crippen LogP contribution in [0, 0.1) is 11.3 Å². The van der Waals surface area contributed by atoms with Crippen LogP contribution in [0.25, 0.3) is 0 Å². The first kappa shape index (κ1) is 29.6. The van der Waals surface area contributed by atoms with Gasteiger partial charge in [-0.2, -0.15) is 18.4 Å². The Balaban J connectivity index is 1.60. The monoisotopic (exact) mass is 602 g/mol. The second kappa shape index (κ2) is 12.4. The number of nitrogens with one attached hydrogen (secondary N) is 3. The fourth-order valence-corrected chi connectivity index (χ4v) is 5.15. The maximum absolute atomic E-state index is 13.5. The molecule has 212 valence electrons. The SMILES string of the molecule is COc1cccc(NC(=O)CSC2=C(C#N)[C@H](c3ccco3)C(C(=O)Nc3cc(C(F)(F)F)ccc3Cl)=C(C)N2)c1. The van der Waals surface area contributed by atoms with Gasteiger partial charge in [0.1, 0.15) is 11.5 Å². The average molecular weight is 603 g/mol. The number of carbonyl (C=O) groups excluding carboxylic acids is 2. The third-order valence-corrected chi connectivity index (χ3v) is 7.31. The van der Waals surface area contributed by atoms with Gasteiger partial charge in [0.2, 0.25) is 5.91 Å². The number of nitrogens with zero attached hydrogens (tertiary/aromatic N) is 1. The average Bonchev–Trinajstić information content (AvgIpc) is 3.47. The standard InChI is InChI=1S/C28H22ClF3N4O4S/c1-15-24(26(38)36-21-11-16(28(30,31)32)8-9-20(21)29)25(22-7-4-10-40-22)19(13-33)27(34-15)41-14-23(37)35-17-5-3-6-18(12-17)39-2/h3-12,25,34H,14H2,1-2H3,(H,35,37)(H,36,38)/t25-/m1/s1. The van der Waals surface area contributed by atoms with Crippen molar-refractivity contribution in [1.82, 2.24) is 5.32 Å². The lowest BCUT2D eigenvalue weighted by atomic mass is 9.85. The molecule has 1 aromatic heterocycles. The highest BCUT2D eigenvalue weighted by molar-refractivity contribution is 8.03. The first-order valence-electron chi connectivity index (χ1n) is 11.9. The number of hydrogen-bond acceptors (Lipinski definition) is 7. The predicted octanol–water partition coefficient (Wildman–Crippen LogP) is 6.67. The van der Waals surface area contributed by atoms with E-state index in [2.05, 4.69) is 22.0 Å². The molecule has 13 heteroatoms. The van der Waals surface area contributed by atoms with Gasteiger partial charge >= 0.3 is 6.18 Å². The lowest BCUT2D eigenvalue weighted by Crippen LogP contribution is -2.31. The van der Waals surface area contributed by atoms with Crippen molar-refractivity contribution in [2.75, 3.05) is 23.5 Å². The van der Waals surface area contributed by atoms with Crippen LogP contribution in [0.4, 0.5) is 24.5 Å². The van der Waals surface area contributed by atoms with E-state index in [-0.39, 0.29) is 39.3 Å². The number of rotatable bonds is 8. The number of halogens is 4. The molecule has 3 N–H and O–H groups in total. The molecule has 0 aliphatic carbocycles. The first-order valence-corrected chi connectivity index (χ1v) is 13.3. The van der Waals surface area contributed by atoms with Crippen LogP contribution in [0.1, 0.15) is 24.2 Å². The van der Waals surface area contributed by atoms with E-state index in [0.717, 1.165) is 30.0 Å². The number of methoxy groups -OCH3 is 1. The molecule has 3 aromatic rings. The van der Waals surface area contributed by atoms with Crippen LogP contribution in [0.5, 0.6) is 5.75 Å². The fourth-order valence-electron chi connectivity index (χ4n) is 4.09. The van der Waals surface area contributed by atoms with E-state index in [0.29, 0.717) is 22.2 Å². The predicted molar refractivity (Wildman–Crippen MR) is 149 cm³/mol. The molecule has 0 saturated heterocycles. The number of carbonyl (C=O) groups is 2. The van der Waals surface area contributed by atoms with Crippen LogP contribution < -0.4 is 20.7 Å². The van der Waals surface area contributed by atoms with E-state index in [9.17, 15) is 28.0 Å². The van der Waals surface area contributed by atoms with Gasteiger partial charge in [-0.3, -0.25) is 9.59 Å². The second-order valence-corrected chi connectivity index (χ2v) is 10.1. The molecule has 0 fully saturated rings. The van der Waals surface area contributed by atoms with E-state index in [1.807, 2.05) is 0 Å². The minimum Gasteiger partial charge on any atom is -0.497 e. The number of allylic oxidation sites excluding steroid dienone is 2. The molecule has 1 atom stereocenters.